The summed E-state index contributed by atoms with van der Waals surface area (Å²) in [6, 6.07) is 11.9. The Bertz CT molecular complexity index is 1080. The lowest BCUT2D eigenvalue weighted by Crippen LogP contribution is -2.16. The van der Waals surface area contributed by atoms with Gasteiger partial charge in [0.2, 0.25) is 0 Å². The van der Waals surface area contributed by atoms with E-state index in [-0.39, 0.29) is 5.56 Å². The summed E-state index contributed by atoms with van der Waals surface area (Å²) in [6.07, 6.45) is 3.16. The molecule has 4 rings (SSSR count). The Kier molecular flexibility index (Phi) is 3.84. The van der Waals surface area contributed by atoms with Crippen molar-refractivity contribution in [2.75, 3.05) is 0 Å². The standard InChI is InChI=1S/C18H13N3OS2/c1-12-15(14-5-3-2-4-6-14)16-17(24-12)19-11-21(18(16)22)20-9-13-7-8-23-10-13/h2-11H,1H3/b20-9-. The molecule has 0 aliphatic carbocycles. The van der Waals surface area contributed by atoms with Crippen LogP contribution in [0.1, 0.15) is 10.4 Å². The molecule has 0 bridgehead atoms. The highest BCUT2D eigenvalue weighted by molar-refractivity contribution is 7.19. The van der Waals surface area contributed by atoms with Crippen LogP contribution in [0.15, 0.2) is 63.4 Å². The first-order valence-electron chi connectivity index (χ1n) is 7.37. The molecule has 1 aromatic carbocycles. The molecule has 6 heteroatoms. The normalized spacial score (nSPS) is 11.5. The van der Waals surface area contributed by atoms with Gasteiger partial charge in [0.15, 0.2) is 0 Å². The van der Waals surface area contributed by atoms with Crippen molar-refractivity contribution >= 4 is 39.1 Å². The van der Waals surface area contributed by atoms with Crippen molar-refractivity contribution in [1.29, 1.82) is 0 Å². The number of hydrogen-bond donors (Lipinski definition) is 0. The van der Waals surface area contributed by atoms with Crippen molar-refractivity contribution < 1.29 is 0 Å². The van der Waals surface area contributed by atoms with E-state index in [4.69, 9.17) is 0 Å². The predicted molar refractivity (Wildman–Crippen MR) is 101 cm³/mol. The summed E-state index contributed by atoms with van der Waals surface area (Å²) in [5.41, 5.74) is 2.80. The fourth-order valence-corrected chi connectivity index (χ4v) is 4.22. The van der Waals surface area contributed by atoms with Gasteiger partial charge in [-0.25, -0.2) is 4.98 Å². The molecule has 0 aliphatic rings. The van der Waals surface area contributed by atoms with Gasteiger partial charge < -0.3 is 0 Å². The number of rotatable bonds is 3. The van der Waals surface area contributed by atoms with E-state index in [1.165, 1.54) is 22.3 Å². The summed E-state index contributed by atoms with van der Waals surface area (Å²) >= 11 is 3.13. The topological polar surface area (TPSA) is 47.2 Å². The van der Waals surface area contributed by atoms with Gasteiger partial charge >= 0.3 is 0 Å². The largest absolute Gasteiger partial charge is 0.283 e. The summed E-state index contributed by atoms with van der Waals surface area (Å²) < 4.78 is 1.30. The summed E-state index contributed by atoms with van der Waals surface area (Å²) in [6.45, 7) is 2.02. The Morgan fingerprint density at radius 1 is 1.21 bits per heavy atom. The zero-order valence-electron chi connectivity index (χ0n) is 12.8. The predicted octanol–water partition coefficient (Wildman–Crippen LogP) is 4.38. The number of aryl methyl sites for hydroxylation is 1. The third-order valence-electron chi connectivity index (χ3n) is 3.71. The van der Waals surface area contributed by atoms with E-state index >= 15 is 0 Å². The fourth-order valence-electron chi connectivity index (χ4n) is 2.61. The van der Waals surface area contributed by atoms with Crippen LogP contribution < -0.4 is 5.56 Å². The van der Waals surface area contributed by atoms with Gasteiger partial charge in [0.25, 0.3) is 5.56 Å². The van der Waals surface area contributed by atoms with Crippen molar-refractivity contribution in [1.82, 2.24) is 9.66 Å². The van der Waals surface area contributed by atoms with E-state index in [0.29, 0.717) is 5.39 Å². The number of thiophene rings is 2. The molecule has 0 N–H and O–H groups in total. The van der Waals surface area contributed by atoms with Crippen LogP contribution >= 0.6 is 22.7 Å². The number of hydrogen-bond acceptors (Lipinski definition) is 5. The number of benzene rings is 1. The van der Waals surface area contributed by atoms with Gasteiger partial charge in [0.1, 0.15) is 11.2 Å². The Hall–Kier alpha value is -2.57. The highest BCUT2D eigenvalue weighted by Crippen LogP contribution is 2.35. The zero-order chi connectivity index (χ0) is 16.5. The molecule has 0 amide bonds. The molecule has 0 spiro atoms. The van der Waals surface area contributed by atoms with Crippen LogP contribution in [0, 0.1) is 6.92 Å². The molecule has 0 saturated heterocycles. The van der Waals surface area contributed by atoms with Crippen molar-refractivity contribution in [3.63, 3.8) is 0 Å². The van der Waals surface area contributed by atoms with Crippen LogP contribution in [0.25, 0.3) is 21.3 Å². The minimum Gasteiger partial charge on any atom is -0.267 e. The quantitative estimate of drug-likeness (QED) is 0.514. The first kappa shape index (κ1) is 15.0. The van der Waals surface area contributed by atoms with Crippen LogP contribution in [0.4, 0.5) is 0 Å². The molecule has 4 nitrogen and oxygen atoms in total. The molecule has 3 aromatic heterocycles. The lowest BCUT2D eigenvalue weighted by molar-refractivity contribution is 0.819. The van der Waals surface area contributed by atoms with Gasteiger partial charge in [-0.3, -0.25) is 4.79 Å². The molecule has 0 fully saturated rings. The molecule has 0 aliphatic heterocycles. The lowest BCUT2D eigenvalue weighted by atomic mass is 10.0. The van der Waals surface area contributed by atoms with E-state index in [2.05, 4.69) is 10.1 Å². The second kappa shape index (κ2) is 6.14. The van der Waals surface area contributed by atoms with Crippen molar-refractivity contribution in [2.24, 2.45) is 5.10 Å². The maximum absolute atomic E-state index is 12.9. The molecular weight excluding hydrogens is 338 g/mol. The van der Waals surface area contributed by atoms with Gasteiger partial charge in [-0.2, -0.15) is 21.1 Å². The van der Waals surface area contributed by atoms with E-state index < -0.39 is 0 Å². The summed E-state index contributed by atoms with van der Waals surface area (Å²) in [7, 11) is 0. The average Bonchev–Trinajstić information content (AvgIpc) is 3.22. The Morgan fingerprint density at radius 3 is 2.79 bits per heavy atom. The van der Waals surface area contributed by atoms with Crippen LogP contribution in [0.2, 0.25) is 0 Å². The molecular formula is C18H13N3OS2. The first-order valence-corrected chi connectivity index (χ1v) is 9.12. The Balaban J connectivity index is 1.91. The minimum absolute atomic E-state index is 0.144. The highest BCUT2D eigenvalue weighted by atomic mass is 32.1. The van der Waals surface area contributed by atoms with Crippen LogP contribution in [0.3, 0.4) is 0 Å². The van der Waals surface area contributed by atoms with Crippen molar-refractivity contribution in [3.8, 4) is 11.1 Å². The summed E-state index contributed by atoms with van der Waals surface area (Å²) in [5, 5.41) is 8.85. The minimum atomic E-state index is -0.144. The van der Waals surface area contributed by atoms with Gasteiger partial charge in [0.05, 0.1) is 11.6 Å². The zero-order valence-corrected chi connectivity index (χ0v) is 14.5. The van der Waals surface area contributed by atoms with Gasteiger partial charge in [-0.1, -0.05) is 30.3 Å². The van der Waals surface area contributed by atoms with Gasteiger partial charge in [-0.05, 0) is 29.3 Å². The number of fused-ring (bicyclic) bond motifs is 1. The molecule has 118 valence electrons. The molecule has 24 heavy (non-hydrogen) atoms. The Morgan fingerprint density at radius 2 is 2.04 bits per heavy atom. The molecule has 0 unspecified atom stereocenters. The van der Waals surface area contributed by atoms with Crippen molar-refractivity contribution in [2.45, 2.75) is 6.92 Å². The molecule has 4 aromatic rings. The molecule has 0 atom stereocenters. The number of aromatic nitrogens is 2. The van der Waals surface area contributed by atoms with E-state index in [0.717, 1.165) is 26.4 Å². The van der Waals surface area contributed by atoms with E-state index in [1.807, 2.05) is 54.1 Å². The second-order valence-corrected chi connectivity index (χ2v) is 7.26. The van der Waals surface area contributed by atoms with Crippen LogP contribution in [-0.2, 0) is 0 Å². The van der Waals surface area contributed by atoms with E-state index in [9.17, 15) is 4.79 Å². The maximum atomic E-state index is 12.9. The highest BCUT2D eigenvalue weighted by Gasteiger charge is 2.16. The number of nitrogens with zero attached hydrogens (tertiary/aromatic N) is 3. The van der Waals surface area contributed by atoms with Crippen LogP contribution in [-0.4, -0.2) is 15.9 Å². The van der Waals surface area contributed by atoms with E-state index in [1.54, 1.807) is 17.6 Å². The fraction of sp³-hybridized carbons (Fsp3) is 0.0556. The van der Waals surface area contributed by atoms with Crippen LogP contribution in [0.5, 0.6) is 0 Å². The molecule has 0 radical (unpaired) electrons. The first-order chi connectivity index (χ1) is 11.7. The van der Waals surface area contributed by atoms with Crippen molar-refractivity contribution in [3.05, 3.63) is 74.3 Å². The lowest BCUT2D eigenvalue weighted by Gasteiger charge is -2.02. The molecule has 0 saturated carbocycles. The van der Waals surface area contributed by atoms with Gasteiger partial charge in [0, 0.05) is 16.0 Å². The third kappa shape index (κ3) is 2.60. The second-order valence-electron chi connectivity index (χ2n) is 5.27. The SMILES string of the molecule is Cc1sc2ncn(/N=C\c3ccsc3)c(=O)c2c1-c1ccccc1. The maximum Gasteiger partial charge on any atom is 0.283 e. The monoisotopic (exact) mass is 351 g/mol. The summed E-state index contributed by atoms with van der Waals surface area (Å²) in [4.78, 5) is 19.2. The van der Waals surface area contributed by atoms with Gasteiger partial charge in [-0.15, -0.1) is 11.3 Å². The summed E-state index contributed by atoms with van der Waals surface area (Å²) in [5.74, 6) is 0. The average molecular weight is 351 g/mol. The molecule has 3 heterocycles. The smallest absolute Gasteiger partial charge is 0.267 e. The third-order valence-corrected chi connectivity index (χ3v) is 5.42. The Labute approximate surface area is 146 Å².